The van der Waals surface area contributed by atoms with Gasteiger partial charge in [-0.15, -0.1) is 0 Å². The molecule has 1 fully saturated rings. The SMILES string of the molecule is O=C1CC[SiH2]CC1. The molecule has 40 valence electrons. The Balaban J connectivity index is 2.25. The van der Waals surface area contributed by atoms with Crippen LogP contribution in [-0.2, 0) is 4.79 Å². The number of carbonyl (C=O) groups excluding carboxylic acids is 1. The predicted octanol–water partition coefficient (Wildman–Crippen LogP) is 0.355. The van der Waals surface area contributed by atoms with E-state index in [1.165, 1.54) is 12.1 Å². The smallest absolute Gasteiger partial charge is 0.132 e. The molecule has 0 bridgehead atoms. The summed E-state index contributed by atoms with van der Waals surface area (Å²) in [6.45, 7) is 0. The Morgan fingerprint density at radius 2 is 1.86 bits per heavy atom. The van der Waals surface area contributed by atoms with Crippen LogP contribution in [0.4, 0.5) is 0 Å². The molecule has 1 nitrogen and oxygen atoms in total. The van der Waals surface area contributed by atoms with E-state index in [1.807, 2.05) is 0 Å². The zero-order valence-electron chi connectivity index (χ0n) is 4.44. The average molecular weight is 114 g/mol. The van der Waals surface area contributed by atoms with Crippen LogP contribution in [0.1, 0.15) is 12.8 Å². The second-order valence-corrected chi connectivity index (χ2v) is 4.22. The minimum absolute atomic E-state index is 0.256. The molecule has 7 heavy (non-hydrogen) atoms. The fourth-order valence-corrected chi connectivity index (χ4v) is 2.59. The Bertz CT molecular complexity index is 72.1. The van der Waals surface area contributed by atoms with E-state index in [0.29, 0.717) is 5.78 Å². The number of hydrogen-bond acceptors (Lipinski definition) is 1. The van der Waals surface area contributed by atoms with Gasteiger partial charge < -0.3 is 0 Å². The molecule has 0 aromatic carbocycles. The van der Waals surface area contributed by atoms with Gasteiger partial charge in [-0.05, 0) is 0 Å². The number of hydrogen-bond donors (Lipinski definition) is 0. The molecule has 0 N–H and O–H groups in total. The van der Waals surface area contributed by atoms with E-state index in [0.717, 1.165) is 12.8 Å². The fourth-order valence-electron chi connectivity index (χ4n) is 0.946. The van der Waals surface area contributed by atoms with Gasteiger partial charge >= 0.3 is 0 Å². The van der Waals surface area contributed by atoms with E-state index < -0.39 is 0 Å². The average Bonchev–Trinajstić information content (AvgIpc) is 1.69. The minimum atomic E-state index is 0.256. The van der Waals surface area contributed by atoms with Crippen molar-refractivity contribution < 1.29 is 4.79 Å². The monoisotopic (exact) mass is 114 g/mol. The zero-order valence-corrected chi connectivity index (χ0v) is 5.86. The van der Waals surface area contributed by atoms with Gasteiger partial charge in [0.2, 0.25) is 0 Å². The third-order valence-corrected chi connectivity index (χ3v) is 3.12. The van der Waals surface area contributed by atoms with E-state index in [1.54, 1.807) is 0 Å². The van der Waals surface area contributed by atoms with Crippen molar-refractivity contribution in [3.63, 3.8) is 0 Å². The van der Waals surface area contributed by atoms with Crippen LogP contribution < -0.4 is 0 Å². The van der Waals surface area contributed by atoms with Crippen LogP contribution in [-0.4, -0.2) is 15.3 Å². The highest BCUT2D eigenvalue weighted by Gasteiger charge is 2.06. The molecular weight excluding hydrogens is 104 g/mol. The van der Waals surface area contributed by atoms with Gasteiger partial charge in [0.1, 0.15) is 5.78 Å². The normalized spacial score (nSPS) is 22.6. The standard InChI is InChI=1S/C5H10OSi/c6-5-1-3-7-4-2-5/h1-4,7H2. The summed E-state index contributed by atoms with van der Waals surface area (Å²) in [6.07, 6.45) is 1.82. The summed E-state index contributed by atoms with van der Waals surface area (Å²) < 4.78 is 0. The largest absolute Gasteiger partial charge is 0.300 e. The molecule has 1 saturated heterocycles. The second kappa shape index (κ2) is 2.26. The number of Topliss-reactive ketones (excluding diaryl/α,β-unsaturated/α-hetero) is 1. The molecule has 0 atom stereocenters. The van der Waals surface area contributed by atoms with Crippen molar-refractivity contribution in [1.82, 2.24) is 0 Å². The van der Waals surface area contributed by atoms with Crippen molar-refractivity contribution in [2.24, 2.45) is 0 Å². The maximum absolute atomic E-state index is 10.5. The van der Waals surface area contributed by atoms with Crippen LogP contribution in [0.3, 0.4) is 0 Å². The molecule has 1 aliphatic heterocycles. The van der Waals surface area contributed by atoms with E-state index in [-0.39, 0.29) is 9.52 Å². The molecular formula is C5H10OSi. The molecule has 0 aromatic heterocycles. The molecule has 0 spiro atoms. The van der Waals surface area contributed by atoms with E-state index in [2.05, 4.69) is 0 Å². The van der Waals surface area contributed by atoms with Gasteiger partial charge in [-0.25, -0.2) is 0 Å². The molecule has 1 aliphatic rings. The third kappa shape index (κ3) is 1.43. The molecule has 0 aromatic rings. The molecule has 1 heterocycles. The summed E-state index contributed by atoms with van der Waals surface area (Å²) in [5, 5.41) is 0. The lowest BCUT2D eigenvalue weighted by Crippen LogP contribution is -2.07. The Morgan fingerprint density at radius 1 is 1.29 bits per heavy atom. The number of carbonyl (C=O) groups is 1. The van der Waals surface area contributed by atoms with Gasteiger partial charge in [0.25, 0.3) is 0 Å². The second-order valence-electron chi connectivity index (χ2n) is 2.10. The van der Waals surface area contributed by atoms with Crippen molar-refractivity contribution in [1.29, 1.82) is 0 Å². The van der Waals surface area contributed by atoms with Gasteiger partial charge in [-0.3, -0.25) is 4.79 Å². The predicted molar refractivity (Wildman–Crippen MR) is 32.4 cm³/mol. The van der Waals surface area contributed by atoms with Crippen molar-refractivity contribution >= 4 is 15.3 Å². The van der Waals surface area contributed by atoms with E-state index in [4.69, 9.17) is 0 Å². The molecule has 0 aliphatic carbocycles. The Morgan fingerprint density at radius 3 is 2.14 bits per heavy atom. The van der Waals surface area contributed by atoms with Crippen molar-refractivity contribution in [3.8, 4) is 0 Å². The Hall–Kier alpha value is -0.113. The molecule has 0 amide bonds. The first-order valence-corrected chi connectivity index (χ1v) is 4.91. The lowest BCUT2D eigenvalue weighted by molar-refractivity contribution is -0.118. The molecule has 0 radical (unpaired) electrons. The highest BCUT2D eigenvalue weighted by molar-refractivity contribution is 6.37. The lowest BCUT2D eigenvalue weighted by Gasteiger charge is -2.04. The maximum Gasteiger partial charge on any atom is 0.132 e. The summed E-state index contributed by atoms with van der Waals surface area (Å²) in [4.78, 5) is 10.5. The van der Waals surface area contributed by atoms with Crippen LogP contribution in [0.25, 0.3) is 0 Å². The Kier molecular flexibility index (Phi) is 1.62. The van der Waals surface area contributed by atoms with Gasteiger partial charge in [-0.2, -0.15) is 0 Å². The van der Waals surface area contributed by atoms with Gasteiger partial charge in [0, 0.05) is 22.4 Å². The van der Waals surface area contributed by atoms with Crippen LogP contribution >= 0.6 is 0 Å². The summed E-state index contributed by atoms with van der Waals surface area (Å²) in [5.74, 6) is 0.499. The van der Waals surface area contributed by atoms with Crippen molar-refractivity contribution in [2.75, 3.05) is 0 Å². The molecule has 2 heteroatoms. The summed E-state index contributed by atoms with van der Waals surface area (Å²) >= 11 is 0. The summed E-state index contributed by atoms with van der Waals surface area (Å²) in [5.41, 5.74) is 0. The lowest BCUT2D eigenvalue weighted by atomic mass is 10.2. The van der Waals surface area contributed by atoms with Gasteiger partial charge in [0.05, 0.1) is 0 Å². The molecule has 1 rings (SSSR count). The summed E-state index contributed by atoms with van der Waals surface area (Å²) in [6, 6.07) is 2.55. The van der Waals surface area contributed by atoms with Crippen LogP contribution in [0.15, 0.2) is 0 Å². The first-order chi connectivity index (χ1) is 3.39. The number of ketones is 1. The quantitative estimate of drug-likeness (QED) is 0.415. The minimum Gasteiger partial charge on any atom is -0.300 e. The van der Waals surface area contributed by atoms with Crippen LogP contribution in [0.5, 0.6) is 0 Å². The first-order valence-electron chi connectivity index (χ1n) is 2.91. The topological polar surface area (TPSA) is 17.1 Å². The van der Waals surface area contributed by atoms with Gasteiger partial charge in [0.15, 0.2) is 0 Å². The number of rotatable bonds is 0. The third-order valence-electron chi connectivity index (χ3n) is 1.41. The van der Waals surface area contributed by atoms with E-state index in [9.17, 15) is 4.79 Å². The van der Waals surface area contributed by atoms with Crippen molar-refractivity contribution in [3.05, 3.63) is 0 Å². The summed E-state index contributed by atoms with van der Waals surface area (Å²) in [7, 11) is 0.256. The zero-order chi connectivity index (χ0) is 5.11. The Labute approximate surface area is 45.9 Å². The van der Waals surface area contributed by atoms with Crippen LogP contribution in [0, 0.1) is 0 Å². The molecule has 0 unspecified atom stereocenters. The first kappa shape index (κ1) is 5.03. The van der Waals surface area contributed by atoms with Crippen LogP contribution in [0.2, 0.25) is 12.1 Å². The van der Waals surface area contributed by atoms with Crippen molar-refractivity contribution in [2.45, 2.75) is 24.9 Å². The van der Waals surface area contributed by atoms with E-state index >= 15 is 0 Å². The maximum atomic E-state index is 10.5. The highest BCUT2D eigenvalue weighted by Crippen LogP contribution is 2.07. The van der Waals surface area contributed by atoms with Gasteiger partial charge in [-0.1, -0.05) is 12.1 Å². The highest BCUT2D eigenvalue weighted by atomic mass is 28.2. The molecule has 0 saturated carbocycles. The fraction of sp³-hybridized carbons (Fsp3) is 0.800.